The third-order valence-corrected chi connectivity index (χ3v) is 4.93. The average molecular weight is 378 g/mol. The Morgan fingerprint density at radius 2 is 1.54 bits per heavy atom. The molecule has 0 fully saturated rings. The van der Waals surface area contributed by atoms with Crippen LogP contribution in [0.3, 0.4) is 0 Å². The van der Waals surface area contributed by atoms with E-state index >= 15 is 0 Å². The number of ketones is 1. The number of carbonyl (C=O) groups is 1. The highest BCUT2D eigenvalue weighted by Gasteiger charge is 2.14. The minimum atomic E-state index is 0.0601. The first-order chi connectivity index (χ1) is 11.7. The lowest BCUT2D eigenvalue weighted by Gasteiger charge is -2.04. The third kappa shape index (κ3) is 2.36. The highest BCUT2D eigenvalue weighted by molar-refractivity contribution is 9.10. The predicted octanol–water partition coefficient (Wildman–Crippen LogP) is 5.81. The van der Waals surface area contributed by atoms with Gasteiger partial charge in [0, 0.05) is 44.0 Å². The average Bonchev–Trinajstić information content (AvgIpc) is 2.94. The van der Waals surface area contributed by atoms with Gasteiger partial charge in [0.25, 0.3) is 0 Å². The van der Waals surface area contributed by atoms with Gasteiger partial charge in [0.1, 0.15) is 0 Å². The Labute approximate surface area is 148 Å². The molecule has 24 heavy (non-hydrogen) atoms. The Hall–Kier alpha value is -2.39. The summed E-state index contributed by atoms with van der Waals surface area (Å²) in [6.07, 6.45) is 0. The van der Waals surface area contributed by atoms with Crippen molar-refractivity contribution in [2.45, 2.75) is 13.5 Å². The van der Waals surface area contributed by atoms with Gasteiger partial charge in [-0.05, 0) is 43.3 Å². The quantitative estimate of drug-likeness (QED) is 0.413. The van der Waals surface area contributed by atoms with Crippen LogP contribution in [-0.4, -0.2) is 10.4 Å². The van der Waals surface area contributed by atoms with Crippen molar-refractivity contribution in [2.24, 2.45) is 0 Å². The molecule has 0 aliphatic rings. The summed E-state index contributed by atoms with van der Waals surface area (Å²) in [6, 6.07) is 21.7. The van der Waals surface area contributed by atoms with Gasteiger partial charge in [0.05, 0.1) is 0 Å². The van der Waals surface area contributed by atoms with Crippen molar-refractivity contribution < 1.29 is 4.79 Å². The summed E-state index contributed by atoms with van der Waals surface area (Å²) in [6.45, 7) is 3.04. The molecule has 0 radical (unpaired) electrons. The van der Waals surface area contributed by atoms with Crippen LogP contribution >= 0.6 is 15.9 Å². The summed E-state index contributed by atoms with van der Waals surface area (Å²) < 4.78 is 3.33. The second kappa shape index (κ2) is 5.91. The SMILES string of the molecule is CCn1c2ccc(Br)cc2c2cc(C(=O)c3ccccc3)ccc21. The molecule has 118 valence electrons. The van der Waals surface area contributed by atoms with Crippen LogP contribution in [0.1, 0.15) is 22.8 Å². The Kier molecular flexibility index (Phi) is 3.73. The molecule has 0 saturated carbocycles. The molecule has 0 aliphatic carbocycles. The second-order valence-corrected chi connectivity index (χ2v) is 6.75. The van der Waals surface area contributed by atoms with Gasteiger partial charge in [-0.3, -0.25) is 4.79 Å². The minimum absolute atomic E-state index is 0.0601. The molecule has 0 atom stereocenters. The highest BCUT2D eigenvalue weighted by Crippen LogP contribution is 2.32. The third-order valence-electron chi connectivity index (χ3n) is 4.44. The van der Waals surface area contributed by atoms with Gasteiger partial charge in [-0.2, -0.15) is 0 Å². The number of hydrogen-bond donors (Lipinski definition) is 0. The molecular formula is C21H16BrNO. The number of aryl methyl sites for hydroxylation is 1. The normalized spacial score (nSPS) is 11.2. The number of hydrogen-bond acceptors (Lipinski definition) is 1. The highest BCUT2D eigenvalue weighted by atomic mass is 79.9. The second-order valence-electron chi connectivity index (χ2n) is 5.83. The van der Waals surface area contributed by atoms with E-state index in [4.69, 9.17) is 0 Å². The van der Waals surface area contributed by atoms with Crippen LogP contribution in [0.2, 0.25) is 0 Å². The van der Waals surface area contributed by atoms with E-state index < -0.39 is 0 Å². The van der Waals surface area contributed by atoms with Gasteiger partial charge in [-0.1, -0.05) is 46.3 Å². The maximum absolute atomic E-state index is 12.8. The maximum Gasteiger partial charge on any atom is 0.193 e. The van der Waals surface area contributed by atoms with Crippen LogP contribution in [0.15, 0.2) is 71.2 Å². The molecule has 1 heterocycles. The summed E-state index contributed by atoms with van der Waals surface area (Å²) >= 11 is 3.56. The van der Waals surface area contributed by atoms with Crippen molar-refractivity contribution >= 4 is 43.5 Å². The molecule has 0 spiro atoms. The zero-order valence-corrected chi connectivity index (χ0v) is 14.9. The lowest BCUT2D eigenvalue weighted by atomic mass is 10.0. The predicted molar refractivity (Wildman–Crippen MR) is 103 cm³/mol. The summed E-state index contributed by atoms with van der Waals surface area (Å²) in [5.74, 6) is 0.0601. The first-order valence-corrected chi connectivity index (χ1v) is 8.79. The molecule has 0 aliphatic heterocycles. The molecule has 3 heteroatoms. The first kappa shape index (κ1) is 15.2. The van der Waals surface area contributed by atoms with Crippen molar-refractivity contribution in [1.29, 1.82) is 0 Å². The van der Waals surface area contributed by atoms with Crippen LogP contribution < -0.4 is 0 Å². The number of nitrogens with zero attached hydrogens (tertiary/aromatic N) is 1. The molecule has 2 nitrogen and oxygen atoms in total. The maximum atomic E-state index is 12.8. The molecule has 0 amide bonds. The molecule has 4 aromatic rings. The Bertz CT molecular complexity index is 1060. The van der Waals surface area contributed by atoms with Crippen molar-refractivity contribution in [1.82, 2.24) is 4.57 Å². The molecule has 0 bridgehead atoms. The molecule has 4 rings (SSSR count). The fraction of sp³-hybridized carbons (Fsp3) is 0.0952. The number of benzene rings is 3. The van der Waals surface area contributed by atoms with E-state index in [1.54, 1.807) is 0 Å². The van der Waals surface area contributed by atoms with Gasteiger partial charge in [0.15, 0.2) is 5.78 Å². The molecule has 1 aromatic heterocycles. The Morgan fingerprint density at radius 1 is 0.875 bits per heavy atom. The summed E-state index contributed by atoms with van der Waals surface area (Å²) in [4.78, 5) is 12.8. The fourth-order valence-corrected chi connectivity index (χ4v) is 3.68. The van der Waals surface area contributed by atoms with Gasteiger partial charge in [-0.15, -0.1) is 0 Å². The van der Waals surface area contributed by atoms with Crippen molar-refractivity contribution in [3.8, 4) is 0 Å². The number of rotatable bonds is 3. The number of carbonyl (C=O) groups excluding carboxylic acids is 1. The van der Waals surface area contributed by atoms with E-state index in [2.05, 4.69) is 51.7 Å². The zero-order valence-electron chi connectivity index (χ0n) is 13.3. The summed E-state index contributed by atoms with van der Waals surface area (Å²) in [7, 11) is 0. The topological polar surface area (TPSA) is 22.0 Å². The Balaban J connectivity index is 1.96. The van der Waals surface area contributed by atoms with Gasteiger partial charge in [0.2, 0.25) is 0 Å². The monoisotopic (exact) mass is 377 g/mol. The smallest absolute Gasteiger partial charge is 0.193 e. The number of aromatic nitrogens is 1. The van der Waals surface area contributed by atoms with E-state index in [0.717, 1.165) is 33.0 Å². The van der Waals surface area contributed by atoms with Crippen LogP contribution in [-0.2, 0) is 6.54 Å². The van der Waals surface area contributed by atoms with E-state index in [9.17, 15) is 4.79 Å². The van der Waals surface area contributed by atoms with E-state index in [1.165, 1.54) is 10.9 Å². The minimum Gasteiger partial charge on any atom is -0.341 e. The summed E-state index contributed by atoms with van der Waals surface area (Å²) in [5.41, 5.74) is 3.80. The molecule has 3 aromatic carbocycles. The van der Waals surface area contributed by atoms with Gasteiger partial charge >= 0.3 is 0 Å². The Morgan fingerprint density at radius 3 is 2.25 bits per heavy atom. The van der Waals surface area contributed by atoms with E-state index in [1.807, 2.05) is 42.5 Å². The number of halogens is 1. The van der Waals surface area contributed by atoms with E-state index in [-0.39, 0.29) is 5.78 Å². The standard InChI is InChI=1S/C21H16BrNO/c1-2-23-19-10-8-15(21(24)14-6-4-3-5-7-14)12-17(19)18-13-16(22)9-11-20(18)23/h3-13H,2H2,1H3. The molecule has 0 N–H and O–H groups in total. The van der Waals surface area contributed by atoms with Gasteiger partial charge < -0.3 is 4.57 Å². The first-order valence-electron chi connectivity index (χ1n) is 8.00. The van der Waals surface area contributed by atoms with Crippen molar-refractivity contribution in [3.63, 3.8) is 0 Å². The van der Waals surface area contributed by atoms with Gasteiger partial charge in [-0.25, -0.2) is 0 Å². The zero-order chi connectivity index (χ0) is 16.7. The molecular weight excluding hydrogens is 362 g/mol. The lowest BCUT2D eigenvalue weighted by molar-refractivity contribution is 0.103. The van der Waals surface area contributed by atoms with Crippen LogP contribution in [0.4, 0.5) is 0 Å². The van der Waals surface area contributed by atoms with Crippen molar-refractivity contribution in [3.05, 3.63) is 82.3 Å². The number of fused-ring (bicyclic) bond motifs is 3. The lowest BCUT2D eigenvalue weighted by Crippen LogP contribution is -2.01. The fourth-order valence-electron chi connectivity index (χ4n) is 3.31. The van der Waals surface area contributed by atoms with Crippen LogP contribution in [0.25, 0.3) is 21.8 Å². The largest absolute Gasteiger partial charge is 0.341 e. The molecule has 0 unspecified atom stereocenters. The van der Waals surface area contributed by atoms with Crippen LogP contribution in [0.5, 0.6) is 0 Å². The summed E-state index contributed by atoms with van der Waals surface area (Å²) in [5, 5.41) is 2.29. The van der Waals surface area contributed by atoms with Crippen molar-refractivity contribution in [2.75, 3.05) is 0 Å². The van der Waals surface area contributed by atoms with Crippen LogP contribution in [0, 0.1) is 0 Å². The van der Waals surface area contributed by atoms with E-state index in [0.29, 0.717) is 0 Å². The molecule has 0 saturated heterocycles.